The summed E-state index contributed by atoms with van der Waals surface area (Å²) in [4.78, 5) is 27.5. The number of carbonyl (C=O) groups excluding carboxylic acids is 1. The van der Waals surface area contributed by atoms with Crippen LogP contribution in [0.25, 0.3) is 0 Å². The van der Waals surface area contributed by atoms with Crippen molar-refractivity contribution in [2.45, 2.75) is 52.5 Å². The number of nitrogens with zero attached hydrogens (tertiary/aromatic N) is 2. The molecule has 21 heavy (non-hydrogen) atoms. The molecule has 0 aromatic rings. The molecule has 120 valence electrons. The molecular weight excluding hydrogens is 268 g/mol. The van der Waals surface area contributed by atoms with Gasteiger partial charge in [-0.25, -0.2) is 4.79 Å². The number of carboxylic acids is 1. The Morgan fingerprint density at radius 3 is 2.24 bits per heavy atom. The van der Waals surface area contributed by atoms with Crippen molar-refractivity contribution in [2.24, 2.45) is 17.8 Å². The highest BCUT2D eigenvalue weighted by molar-refractivity contribution is 5.76. The van der Waals surface area contributed by atoms with E-state index in [1.807, 2.05) is 9.80 Å². The lowest BCUT2D eigenvalue weighted by Crippen LogP contribution is -2.59. The summed E-state index contributed by atoms with van der Waals surface area (Å²) >= 11 is 0. The average molecular weight is 296 g/mol. The van der Waals surface area contributed by atoms with E-state index in [-0.39, 0.29) is 17.9 Å². The highest BCUT2D eigenvalue weighted by Crippen LogP contribution is 2.29. The molecule has 0 spiro atoms. The summed E-state index contributed by atoms with van der Waals surface area (Å²) in [5.41, 5.74) is 0. The van der Waals surface area contributed by atoms with Crippen LogP contribution in [0.2, 0.25) is 0 Å². The number of aliphatic carboxylic acids is 1. The summed E-state index contributed by atoms with van der Waals surface area (Å²) in [6.45, 7) is 8.00. The van der Waals surface area contributed by atoms with E-state index in [2.05, 4.69) is 13.8 Å². The van der Waals surface area contributed by atoms with Gasteiger partial charge in [0.15, 0.2) is 0 Å². The Bertz CT molecular complexity index is 385. The number of urea groups is 1. The van der Waals surface area contributed by atoms with Gasteiger partial charge in [-0.15, -0.1) is 0 Å². The zero-order chi connectivity index (χ0) is 15.6. The van der Waals surface area contributed by atoms with Crippen LogP contribution in [0.4, 0.5) is 4.79 Å². The van der Waals surface area contributed by atoms with Gasteiger partial charge >= 0.3 is 12.0 Å². The molecule has 2 amide bonds. The standard InChI is InChI=1S/C16H28N2O3/c1-11(2)8-18(14-6-4-5-7-14)16(21)17-9-13(10-17)12(3)15(19)20/h11-14H,4-10H2,1-3H3,(H,19,20). The van der Waals surface area contributed by atoms with Gasteiger partial charge in [0.05, 0.1) is 5.92 Å². The SMILES string of the molecule is CC(C)CN(C(=O)N1CC(C(C)C(=O)O)C1)C1CCCC1. The van der Waals surface area contributed by atoms with Gasteiger partial charge in [-0.3, -0.25) is 4.79 Å². The zero-order valence-corrected chi connectivity index (χ0v) is 13.4. The monoisotopic (exact) mass is 296 g/mol. The Morgan fingerprint density at radius 2 is 1.76 bits per heavy atom. The van der Waals surface area contributed by atoms with Crippen molar-refractivity contribution in [2.75, 3.05) is 19.6 Å². The van der Waals surface area contributed by atoms with Crippen LogP contribution in [0.3, 0.4) is 0 Å². The molecule has 1 saturated carbocycles. The van der Waals surface area contributed by atoms with Crippen LogP contribution in [0.1, 0.15) is 46.5 Å². The van der Waals surface area contributed by atoms with Crippen molar-refractivity contribution in [3.05, 3.63) is 0 Å². The van der Waals surface area contributed by atoms with Gasteiger partial charge in [0.2, 0.25) is 0 Å². The van der Waals surface area contributed by atoms with E-state index < -0.39 is 5.97 Å². The molecular formula is C16H28N2O3. The molecule has 0 bridgehead atoms. The topological polar surface area (TPSA) is 60.9 Å². The second-order valence-electron chi connectivity index (χ2n) is 7.06. The molecule has 2 aliphatic rings. The van der Waals surface area contributed by atoms with Crippen LogP contribution in [0.15, 0.2) is 0 Å². The minimum Gasteiger partial charge on any atom is -0.481 e. The molecule has 0 aromatic carbocycles. The summed E-state index contributed by atoms with van der Waals surface area (Å²) in [6, 6.07) is 0.500. The molecule has 1 heterocycles. The molecule has 1 saturated heterocycles. The minimum atomic E-state index is -0.762. The fourth-order valence-corrected chi connectivity index (χ4v) is 3.36. The Hall–Kier alpha value is -1.26. The molecule has 1 atom stereocenters. The normalized spacial score (nSPS) is 21.4. The van der Waals surface area contributed by atoms with E-state index in [1.54, 1.807) is 6.92 Å². The third-order valence-corrected chi connectivity index (χ3v) is 4.85. The summed E-state index contributed by atoms with van der Waals surface area (Å²) in [5, 5.41) is 9.03. The molecule has 0 aromatic heterocycles. The second kappa shape index (κ2) is 6.67. The van der Waals surface area contributed by atoms with Gasteiger partial charge in [0, 0.05) is 31.6 Å². The first-order chi connectivity index (χ1) is 9.90. The Labute approximate surface area is 127 Å². The van der Waals surface area contributed by atoms with Gasteiger partial charge in [0.1, 0.15) is 0 Å². The van der Waals surface area contributed by atoms with Crippen molar-refractivity contribution >= 4 is 12.0 Å². The van der Waals surface area contributed by atoms with Gasteiger partial charge in [0.25, 0.3) is 0 Å². The maximum absolute atomic E-state index is 12.7. The molecule has 2 fully saturated rings. The Kier molecular flexibility index (Phi) is 5.12. The first-order valence-electron chi connectivity index (χ1n) is 8.18. The van der Waals surface area contributed by atoms with E-state index >= 15 is 0 Å². The quantitative estimate of drug-likeness (QED) is 0.848. The number of hydrogen-bond acceptors (Lipinski definition) is 2. The highest BCUT2D eigenvalue weighted by atomic mass is 16.4. The predicted octanol–water partition coefficient (Wildman–Crippen LogP) is 2.66. The average Bonchev–Trinajstić information content (AvgIpc) is 2.86. The van der Waals surface area contributed by atoms with E-state index in [0.29, 0.717) is 25.0 Å². The maximum atomic E-state index is 12.7. The van der Waals surface area contributed by atoms with Crippen LogP contribution in [0.5, 0.6) is 0 Å². The third-order valence-electron chi connectivity index (χ3n) is 4.85. The molecule has 5 nitrogen and oxygen atoms in total. The maximum Gasteiger partial charge on any atom is 0.320 e. The lowest BCUT2D eigenvalue weighted by molar-refractivity contribution is -0.145. The van der Waals surface area contributed by atoms with E-state index in [9.17, 15) is 9.59 Å². The summed E-state index contributed by atoms with van der Waals surface area (Å²) in [7, 11) is 0. The van der Waals surface area contributed by atoms with Crippen molar-refractivity contribution in [1.29, 1.82) is 0 Å². The van der Waals surface area contributed by atoms with E-state index in [1.165, 1.54) is 12.8 Å². The molecule has 1 aliphatic heterocycles. The number of carbonyl (C=O) groups is 2. The predicted molar refractivity (Wildman–Crippen MR) is 81.1 cm³/mol. The fourth-order valence-electron chi connectivity index (χ4n) is 3.36. The summed E-state index contributed by atoms with van der Waals surface area (Å²) in [6.07, 6.45) is 4.65. The van der Waals surface area contributed by atoms with Crippen LogP contribution >= 0.6 is 0 Å². The lowest BCUT2D eigenvalue weighted by Gasteiger charge is -2.45. The van der Waals surface area contributed by atoms with Gasteiger partial charge in [-0.2, -0.15) is 0 Å². The number of amides is 2. The molecule has 2 rings (SSSR count). The Balaban J connectivity index is 1.92. The first kappa shape index (κ1) is 16.1. The van der Waals surface area contributed by atoms with Crippen molar-refractivity contribution in [1.82, 2.24) is 9.80 Å². The minimum absolute atomic E-state index is 0.107. The molecule has 1 unspecified atom stereocenters. The third kappa shape index (κ3) is 3.69. The smallest absolute Gasteiger partial charge is 0.320 e. The number of likely N-dealkylation sites (tertiary alicyclic amines) is 1. The highest BCUT2D eigenvalue weighted by Gasteiger charge is 2.40. The molecule has 1 aliphatic carbocycles. The van der Waals surface area contributed by atoms with Gasteiger partial charge in [-0.1, -0.05) is 33.6 Å². The van der Waals surface area contributed by atoms with Gasteiger partial charge < -0.3 is 14.9 Å². The fraction of sp³-hybridized carbons (Fsp3) is 0.875. The molecule has 1 N–H and O–H groups in total. The van der Waals surface area contributed by atoms with Crippen molar-refractivity contribution in [3.63, 3.8) is 0 Å². The number of hydrogen-bond donors (Lipinski definition) is 1. The lowest BCUT2D eigenvalue weighted by atomic mass is 9.87. The summed E-state index contributed by atoms with van der Waals surface area (Å²) in [5.74, 6) is -0.554. The van der Waals surface area contributed by atoms with Crippen LogP contribution in [-0.4, -0.2) is 52.6 Å². The zero-order valence-electron chi connectivity index (χ0n) is 13.4. The largest absolute Gasteiger partial charge is 0.481 e. The Morgan fingerprint density at radius 1 is 1.19 bits per heavy atom. The van der Waals surface area contributed by atoms with Crippen molar-refractivity contribution in [3.8, 4) is 0 Å². The number of rotatable bonds is 5. The second-order valence-corrected chi connectivity index (χ2v) is 7.06. The van der Waals surface area contributed by atoms with Gasteiger partial charge in [-0.05, 0) is 18.8 Å². The van der Waals surface area contributed by atoms with Crippen molar-refractivity contribution < 1.29 is 14.7 Å². The number of carboxylic acid groups (broad SMARTS) is 1. The first-order valence-corrected chi connectivity index (χ1v) is 8.18. The molecule has 5 heteroatoms. The van der Waals surface area contributed by atoms with Crippen LogP contribution in [0, 0.1) is 17.8 Å². The van der Waals surface area contributed by atoms with E-state index in [0.717, 1.165) is 19.4 Å². The van der Waals surface area contributed by atoms with E-state index in [4.69, 9.17) is 5.11 Å². The van der Waals surface area contributed by atoms with Crippen LogP contribution in [-0.2, 0) is 4.79 Å². The summed E-state index contributed by atoms with van der Waals surface area (Å²) < 4.78 is 0. The van der Waals surface area contributed by atoms with Crippen LogP contribution < -0.4 is 0 Å². The molecule has 0 radical (unpaired) electrons.